The van der Waals surface area contributed by atoms with Gasteiger partial charge >= 0.3 is 18.0 Å². The predicted molar refractivity (Wildman–Crippen MR) is 63.8 cm³/mol. The number of hydrogen-bond donors (Lipinski definition) is 4. The second kappa shape index (κ2) is 6.93. The number of hydrogen-bond acceptors (Lipinski definition) is 4. The molecule has 4 N–H and O–H groups in total. The minimum absolute atomic E-state index is 0.0594. The average molecular weight is 274 g/mol. The first kappa shape index (κ1) is 15.2. The summed E-state index contributed by atoms with van der Waals surface area (Å²) in [6.07, 6.45) is 0.829. The van der Waals surface area contributed by atoms with Gasteiger partial charge in [0.2, 0.25) is 0 Å². The summed E-state index contributed by atoms with van der Waals surface area (Å²) in [6, 6.07) is -2.16. The Hall–Kier alpha value is -1.83. The standard InChI is InChI=1S/C11H18N2O6/c1-2-19-7-3-6(4-7)12-11(18)13-8(10(16)17)5-9(14)15/h6-8H,2-5H2,1H3,(H,14,15)(H,16,17)(H2,12,13,18)/t6?,7?,8-/m1/s1. The zero-order chi connectivity index (χ0) is 14.4. The van der Waals surface area contributed by atoms with E-state index in [-0.39, 0.29) is 12.1 Å². The summed E-state index contributed by atoms with van der Waals surface area (Å²) in [5.41, 5.74) is 0. The Morgan fingerprint density at radius 1 is 1.32 bits per heavy atom. The summed E-state index contributed by atoms with van der Waals surface area (Å²) in [5, 5.41) is 22.0. The Morgan fingerprint density at radius 2 is 1.95 bits per heavy atom. The van der Waals surface area contributed by atoms with Crippen molar-refractivity contribution in [2.24, 2.45) is 0 Å². The van der Waals surface area contributed by atoms with Gasteiger partial charge in [-0.05, 0) is 19.8 Å². The third kappa shape index (κ3) is 5.12. The molecule has 1 rings (SSSR count). The third-order valence-corrected chi connectivity index (χ3v) is 2.81. The van der Waals surface area contributed by atoms with Crippen molar-refractivity contribution in [2.45, 2.75) is 44.4 Å². The second-order valence-corrected chi connectivity index (χ2v) is 4.35. The molecule has 108 valence electrons. The zero-order valence-corrected chi connectivity index (χ0v) is 10.6. The van der Waals surface area contributed by atoms with Crippen molar-refractivity contribution in [3.05, 3.63) is 0 Å². The van der Waals surface area contributed by atoms with Crippen LogP contribution in [0.5, 0.6) is 0 Å². The quantitative estimate of drug-likeness (QED) is 0.508. The van der Waals surface area contributed by atoms with Gasteiger partial charge in [0.1, 0.15) is 6.04 Å². The molecular weight excluding hydrogens is 256 g/mol. The van der Waals surface area contributed by atoms with Crippen molar-refractivity contribution in [3.63, 3.8) is 0 Å². The minimum Gasteiger partial charge on any atom is -0.481 e. The third-order valence-electron chi connectivity index (χ3n) is 2.81. The lowest BCUT2D eigenvalue weighted by Gasteiger charge is -2.35. The van der Waals surface area contributed by atoms with Gasteiger partial charge in [-0.3, -0.25) is 4.79 Å². The van der Waals surface area contributed by atoms with Crippen LogP contribution in [0.2, 0.25) is 0 Å². The molecule has 0 aromatic rings. The molecule has 0 aromatic heterocycles. The van der Waals surface area contributed by atoms with Crippen molar-refractivity contribution in [1.29, 1.82) is 0 Å². The molecule has 1 fully saturated rings. The smallest absolute Gasteiger partial charge is 0.326 e. The molecular formula is C11H18N2O6. The highest BCUT2D eigenvalue weighted by molar-refractivity contribution is 5.86. The van der Waals surface area contributed by atoms with Crippen LogP contribution in [0, 0.1) is 0 Å². The molecule has 0 spiro atoms. The molecule has 0 unspecified atom stereocenters. The molecule has 1 aliphatic rings. The van der Waals surface area contributed by atoms with E-state index in [1.807, 2.05) is 6.92 Å². The maximum Gasteiger partial charge on any atom is 0.326 e. The predicted octanol–water partition coefficient (Wildman–Crippen LogP) is -0.219. The van der Waals surface area contributed by atoms with Gasteiger partial charge in [-0.15, -0.1) is 0 Å². The van der Waals surface area contributed by atoms with Crippen LogP contribution in [0.3, 0.4) is 0 Å². The van der Waals surface area contributed by atoms with E-state index in [0.29, 0.717) is 19.4 Å². The number of nitrogens with one attached hydrogen (secondary N) is 2. The van der Waals surface area contributed by atoms with Crippen LogP contribution < -0.4 is 10.6 Å². The fraction of sp³-hybridized carbons (Fsp3) is 0.727. The Morgan fingerprint density at radius 3 is 2.42 bits per heavy atom. The number of rotatable bonds is 7. The molecule has 0 bridgehead atoms. The van der Waals surface area contributed by atoms with Crippen LogP contribution in [0.4, 0.5) is 4.79 Å². The average Bonchev–Trinajstić information content (AvgIpc) is 2.24. The first-order chi connectivity index (χ1) is 8.92. The first-order valence-electron chi connectivity index (χ1n) is 6.05. The molecule has 0 heterocycles. The molecule has 1 aliphatic carbocycles. The number of aliphatic carboxylic acids is 2. The molecule has 2 amide bonds. The Bertz CT molecular complexity index is 353. The van der Waals surface area contributed by atoms with Gasteiger partial charge in [0, 0.05) is 12.6 Å². The van der Waals surface area contributed by atoms with E-state index in [0.717, 1.165) is 0 Å². The van der Waals surface area contributed by atoms with E-state index in [1.165, 1.54) is 0 Å². The lowest BCUT2D eigenvalue weighted by molar-refractivity contribution is -0.145. The van der Waals surface area contributed by atoms with Crippen molar-refractivity contribution in [3.8, 4) is 0 Å². The van der Waals surface area contributed by atoms with Gasteiger partial charge < -0.3 is 25.6 Å². The lowest BCUT2D eigenvalue weighted by atomic mass is 9.89. The van der Waals surface area contributed by atoms with Gasteiger partial charge in [0.25, 0.3) is 0 Å². The summed E-state index contributed by atoms with van der Waals surface area (Å²) in [4.78, 5) is 32.7. The van der Waals surface area contributed by atoms with Crippen LogP contribution in [-0.4, -0.2) is 53.0 Å². The number of amides is 2. The molecule has 8 heteroatoms. The van der Waals surface area contributed by atoms with Crippen LogP contribution in [0.25, 0.3) is 0 Å². The summed E-state index contributed by atoms with van der Waals surface area (Å²) < 4.78 is 5.32. The second-order valence-electron chi connectivity index (χ2n) is 4.35. The van der Waals surface area contributed by atoms with Gasteiger partial charge in [0.15, 0.2) is 0 Å². The fourth-order valence-electron chi connectivity index (χ4n) is 1.82. The number of carbonyl (C=O) groups excluding carboxylic acids is 1. The van der Waals surface area contributed by atoms with E-state index in [4.69, 9.17) is 14.9 Å². The molecule has 0 radical (unpaired) electrons. The Labute approximate surface area is 110 Å². The lowest BCUT2D eigenvalue weighted by Crippen LogP contribution is -2.54. The zero-order valence-electron chi connectivity index (χ0n) is 10.6. The van der Waals surface area contributed by atoms with Gasteiger partial charge in [-0.25, -0.2) is 9.59 Å². The highest BCUT2D eigenvalue weighted by Crippen LogP contribution is 2.22. The summed E-state index contributed by atoms with van der Waals surface area (Å²) in [7, 11) is 0. The van der Waals surface area contributed by atoms with E-state index in [2.05, 4.69) is 10.6 Å². The van der Waals surface area contributed by atoms with E-state index >= 15 is 0 Å². The highest BCUT2D eigenvalue weighted by atomic mass is 16.5. The van der Waals surface area contributed by atoms with Crippen molar-refractivity contribution in [2.75, 3.05) is 6.61 Å². The van der Waals surface area contributed by atoms with E-state index in [1.54, 1.807) is 0 Å². The summed E-state index contributed by atoms with van der Waals surface area (Å²) in [6.45, 7) is 2.50. The van der Waals surface area contributed by atoms with Gasteiger partial charge in [-0.2, -0.15) is 0 Å². The minimum atomic E-state index is -1.43. The largest absolute Gasteiger partial charge is 0.481 e. The topological polar surface area (TPSA) is 125 Å². The van der Waals surface area contributed by atoms with Crippen molar-refractivity contribution >= 4 is 18.0 Å². The molecule has 0 aromatic carbocycles. The summed E-state index contributed by atoms with van der Waals surface area (Å²) in [5.74, 6) is -2.66. The van der Waals surface area contributed by atoms with Crippen LogP contribution in [-0.2, 0) is 14.3 Å². The molecule has 1 saturated carbocycles. The highest BCUT2D eigenvalue weighted by Gasteiger charge is 2.31. The number of carboxylic acid groups (broad SMARTS) is 2. The number of carbonyl (C=O) groups is 3. The Balaban J connectivity index is 2.30. The normalized spacial score (nSPS) is 23.0. The summed E-state index contributed by atoms with van der Waals surface area (Å²) >= 11 is 0. The molecule has 0 aliphatic heterocycles. The van der Waals surface area contributed by atoms with Gasteiger partial charge in [-0.1, -0.05) is 0 Å². The monoisotopic (exact) mass is 274 g/mol. The molecule has 8 nitrogen and oxygen atoms in total. The van der Waals surface area contributed by atoms with Crippen molar-refractivity contribution < 1.29 is 29.3 Å². The number of ether oxygens (including phenoxy) is 1. The number of carboxylic acids is 2. The maximum absolute atomic E-state index is 11.5. The van der Waals surface area contributed by atoms with E-state index in [9.17, 15) is 14.4 Å². The van der Waals surface area contributed by atoms with E-state index < -0.39 is 30.4 Å². The van der Waals surface area contributed by atoms with Crippen LogP contribution >= 0.6 is 0 Å². The van der Waals surface area contributed by atoms with Crippen LogP contribution in [0.1, 0.15) is 26.2 Å². The fourth-order valence-corrected chi connectivity index (χ4v) is 1.82. The maximum atomic E-state index is 11.5. The number of urea groups is 1. The SMILES string of the molecule is CCOC1CC(NC(=O)N[C@H](CC(=O)O)C(=O)O)C1. The van der Waals surface area contributed by atoms with Crippen molar-refractivity contribution in [1.82, 2.24) is 10.6 Å². The van der Waals surface area contributed by atoms with Crippen LogP contribution in [0.15, 0.2) is 0 Å². The molecule has 1 atom stereocenters. The van der Waals surface area contributed by atoms with Gasteiger partial charge in [0.05, 0.1) is 12.5 Å². The molecule has 19 heavy (non-hydrogen) atoms. The molecule has 0 saturated heterocycles. The Kier molecular flexibility index (Phi) is 5.56. The first-order valence-corrected chi connectivity index (χ1v) is 6.05.